The first-order chi connectivity index (χ1) is 8.92. The third-order valence-corrected chi connectivity index (χ3v) is 4.66. The molecule has 108 valence electrons. The smallest absolute Gasteiger partial charge is 0.147 e. The van der Waals surface area contributed by atoms with Crippen molar-refractivity contribution < 1.29 is 8.42 Å². The summed E-state index contributed by atoms with van der Waals surface area (Å²) in [5.41, 5.74) is 0. The average molecular weight is 306 g/mol. The number of nitrogens with zero attached hydrogens (tertiary/aromatic N) is 3. The molecule has 7 heteroatoms. The van der Waals surface area contributed by atoms with Crippen molar-refractivity contribution in [2.75, 3.05) is 31.6 Å². The number of rotatable bonds is 5. The minimum Gasteiger partial charge on any atom is -0.301 e. The van der Waals surface area contributed by atoms with E-state index < -0.39 is 9.84 Å². The van der Waals surface area contributed by atoms with Crippen LogP contribution in [-0.4, -0.2) is 54.7 Å². The summed E-state index contributed by atoms with van der Waals surface area (Å²) >= 11 is 5.81. The Hall–Kier alpha value is -0.590. The molecule has 0 bridgehead atoms. The Kier molecular flexibility index (Phi) is 4.86. The fourth-order valence-corrected chi connectivity index (χ4v) is 3.91. The molecule has 2 heterocycles. The van der Waals surface area contributed by atoms with Gasteiger partial charge in [0, 0.05) is 25.5 Å². The molecular formula is C12H20ClN3O2S. The lowest BCUT2D eigenvalue weighted by Gasteiger charge is -2.32. The second-order valence-electron chi connectivity index (χ2n) is 5.32. The largest absolute Gasteiger partial charge is 0.301 e. The lowest BCUT2D eigenvalue weighted by Crippen LogP contribution is -2.39. The molecule has 0 saturated carbocycles. The van der Waals surface area contributed by atoms with Crippen LogP contribution >= 0.6 is 11.6 Å². The summed E-state index contributed by atoms with van der Waals surface area (Å²) in [7, 11) is -2.87. The average Bonchev–Trinajstić information content (AvgIpc) is 2.71. The molecule has 1 aliphatic heterocycles. The van der Waals surface area contributed by atoms with Gasteiger partial charge in [0.2, 0.25) is 0 Å². The number of aromatic nitrogens is 2. The van der Waals surface area contributed by atoms with Gasteiger partial charge in [-0.2, -0.15) is 5.10 Å². The summed E-state index contributed by atoms with van der Waals surface area (Å²) in [5.74, 6) is 0.571. The molecule has 1 aliphatic rings. The molecule has 1 saturated heterocycles. The van der Waals surface area contributed by atoms with Crippen LogP contribution in [0.3, 0.4) is 0 Å². The van der Waals surface area contributed by atoms with Gasteiger partial charge in [-0.1, -0.05) is 11.6 Å². The zero-order valence-electron chi connectivity index (χ0n) is 11.1. The van der Waals surface area contributed by atoms with E-state index in [9.17, 15) is 8.42 Å². The zero-order chi connectivity index (χ0) is 13.9. The van der Waals surface area contributed by atoms with Gasteiger partial charge in [0.25, 0.3) is 0 Å². The van der Waals surface area contributed by atoms with E-state index in [0.717, 1.165) is 39.0 Å². The van der Waals surface area contributed by atoms with E-state index in [4.69, 9.17) is 11.6 Å². The maximum Gasteiger partial charge on any atom is 0.147 e. The highest BCUT2D eigenvalue weighted by molar-refractivity contribution is 7.90. The third kappa shape index (κ3) is 5.12. The molecule has 0 amide bonds. The first-order valence-corrected chi connectivity index (χ1v) is 8.94. The minimum absolute atomic E-state index is 0.268. The predicted molar refractivity (Wildman–Crippen MR) is 76.1 cm³/mol. The summed E-state index contributed by atoms with van der Waals surface area (Å²) in [6.45, 7) is 3.58. The summed E-state index contributed by atoms with van der Waals surface area (Å²) in [6.07, 6.45) is 6.83. The van der Waals surface area contributed by atoms with Crippen molar-refractivity contribution in [1.82, 2.24) is 14.7 Å². The maximum atomic E-state index is 11.3. The van der Waals surface area contributed by atoms with Crippen molar-refractivity contribution in [2.24, 2.45) is 5.92 Å². The Morgan fingerprint density at radius 1 is 1.47 bits per heavy atom. The molecule has 0 radical (unpaired) electrons. The van der Waals surface area contributed by atoms with Crippen LogP contribution in [0.25, 0.3) is 0 Å². The summed E-state index contributed by atoms with van der Waals surface area (Å²) in [5, 5.41) is 4.79. The van der Waals surface area contributed by atoms with Gasteiger partial charge in [-0.25, -0.2) is 8.42 Å². The highest BCUT2D eigenvalue weighted by Gasteiger charge is 2.22. The van der Waals surface area contributed by atoms with E-state index in [2.05, 4.69) is 10.00 Å². The topological polar surface area (TPSA) is 55.2 Å². The molecule has 0 spiro atoms. The van der Waals surface area contributed by atoms with Gasteiger partial charge < -0.3 is 4.90 Å². The SMILES string of the molecule is CS(=O)(=O)CC1CCCN(CCn2cc(Cl)cn2)C1. The molecule has 2 rings (SSSR count). The van der Waals surface area contributed by atoms with Gasteiger partial charge in [-0.3, -0.25) is 4.68 Å². The van der Waals surface area contributed by atoms with E-state index in [1.54, 1.807) is 12.4 Å². The second-order valence-corrected chi connectivity index (χ2v) is 7.94. The van der Waals surface area contributed by atoms with Crippen molar-refractivity contribution in [3.8, 4) is 0 Å². The maximum absolute atomic E-state index is 11.3. The molecule has 1 aromatic rings. The summed E-state index contributed by atoms with van der Waals surface area (Å²) < 4.78 is 24.5. The van der Waals surface area contributed by atoms with E-state index in [0.29, 0.717) is 10.8 Å². The van der Waals surface area contributed by atoms with Gasteiger partial charge in [-0.15, -0.1) is 0 Å². The quantitative estimate of drug-likeness (QED) is 0.822. The molecule has 1 unspecified atom stereocenters. The Morgan fingerprint density at radius 3 is 2.89 bits per heavy atom. The highest BCUT2D eigenvalue weighted by Crippen LogP contribution is 2.18. The molecule has 1 fully saturated rings. The first kappa shape index (κ1) is 14.8. The number of hydrogen-bond acceptors (Lipinski definition) is 4. The zero-order valence-corrected chi connectivity index (χ0v) is 12.7. The van der Waals surface area contributed by atoms with Gasteiger partial charge in [-0.05, 0) is 25.3 Å². The molecule has 0 aromatic carbocycles. The Balaban J connectivity index is 1.81. The van der Waals surface area contributed by atoms with Crippen LogP contribution in [0.4, 0.5) is 0 Å². The van der Waals surface area contributed by atoms with Gasteiger partial charge in [0.1, 0.15) is 9.84 Å². The minimum atomic E-state index is -2.87. The molecule has 0 aliphatic carbocycles. The fourth-order valence-electron chi connectivity index (χ4n) is 2.62. The lowest BCUT2D eigenvalue weighted by molar-refractivity contribution is 0.177. The van der Waals surface area contributed by atoms with Crippen molar-refractivity contribution in [3.63, 3.8) is 0 Å². The Bertz CT molecular complexity index is 515. The first-order valence-electron chi connectivity index (χ1n) is 6.50. The monoisotopic (exact) mass is 305 g/mol. The Morgan fingerprint density at radius 2 is 2.26 bits per heavy atom. The second kappa shape index (κ2) is 6.24. The van der Waals surface area contributed by atoms with Crippen LogP contribution in [0.1, 0.15) is 12.8 Å². The van der Waals surface area contributed by atoms with Crippen LogP contribution in [-0.2, 0) is 16.4 Å². The molecule has 19 heavy (non-hydrogen) atoms. The van der Waals surface area contributed by atoms with Gasteiger partial charge in [0.05, 0.1) is 23.5 Å². The molecule has 1 aromatic heterocycles. The third-order valence-electron chi connectivity index (χ3n) is 3.39. The van der Waals surface area contributed by atoms with E-state index in [1.165, 1.54) is 6.26 Å². The molecular weight excluding hydrogens is 286 g/mol. The van der Waals surface area contributed by atoms with Crippen molar-refractivity contribution in [3.05, 3.63) is 17.4 Å². The van der Waals surface area contributed by atoms with Crippen LogP contribution in [0.2, 0.25) is 5.02 Å². The van der Waals surface area contributed by atoms with E-state index in [1.807, 2.05) is 4.68 Å². The number of piperidine rings is 1. The molecule has 5 nitrogen and oxygen atoms in total. The van der Waals surface area contributed by atoms with Crippen molar-refractivity contribution in [2.45, 2.75) is 19.4 Å². The van der Waals surface area contributed by atoms with E-state index >= 15 is 0 Å². The summed E-state index contributed by atoms with van der Waals surface area (Å²) in [4.78, 5) is 2.31. The van der Waals surface area contributed by atoms with Crippen LogP contribution < -0.4 is 0 Å². The number of likely N-dealkylation sites (tertiary alicyclic amines) is 1. The predicted octanol–water partition coefficient (Wildman–Crippen LogP) is 1.29. The molecule has 1 atom stereocenters. The van der Waals surface area contributed by atoms with Gasteiger partial charge >= 0.3 is 0 Å². The standard InChI is InChI=1S/C12H20ClN3O2S/c1-19(17,18)10-11-3-2-4-15(8-11)5-6-16-9-12(13)7-14-16/h7,9,11H,2-6,8,10H2,1H3. The highest BCUT2D eigenvalue weighted by atomic mass is 35.5. The Labute approximate surface area is 119 Å². The van der Waals surface area contributed by atoms with Crippen LogP contribution in [0.5, 0.6) is 0 Å². The summed E-state index contributed by atoms with van der Waals surface area (Å²) in [6, 6.07) is 0. The number of halogens is 1. The normalized spacial score (nSPS) is 21.7. The number of hydrogen-bond donors (Lipinski definition) is 0. The number of sulfone groups is 1. The fraction of sp³-hybridized carbons (Fsp3) is 0.750. The van der Waals surface area contributed by atoms with Gasteiger partial charge in [0.15, 0.2) is 0 Å². The van der Waals surface area contributed by atoms with Crippen LogP contribution in [0, 0.1) is 5.92 Å². The van der Waals surface area contributed by atoms with Crippen LogP contribution in [0.15, 0.2) is 12.4 Å². The lowest BCUT2D eigenvalue weighted by atomic mass is 10.0. The van der Waals surface area contributed by atoms with Crippen molar-refractivity contribution in [1.29, 1.82) is 0 Å². The molecule has 0 N–H and O–H groups in total. The van der Waals surface area contributed by atoms with Crippen molar-refractivity contribution >= 4 is 21.4 Å². The van der Waals surface area contributed by atoms with E-state index in [-0.39, 0.29) is 5.92 Å².